The smallest absolute Gasteiger partial charge is 0.0621 e. The van der Waals surface area contributed by atoms with Crippen LogP contribution in [0.1, 0.15) is 39.2 Å². The zero-order valence-electron chi connectivity index (χ0n) is 13.4. The van der Waals surface area contributed by atoms with E-state index in [1.165, 1.54) is 5.56 Å². The molecule has 0 aromatic carbocycles. The fourth-order valence-electron chi connectivity index (χ4n) is 3.17. The molecule has 0 aliphatic heterocycles. The molecule has 1 aromatic rings. The van der Waals surface area contributed by atoms with Gasteiger partial charge < -0.3 is 10.2 Å². The number of rotatable bonds is 8. The topological polar surface area (TPSA) is 28.2 Å². The van der Waals surface area contributed by atoms with Gasteiger partial charge in [0, 0.05) is 24.0 Å². The predicted molar refractivity (Wildman–Crippen MR) is 87.4 cm³/mol. The molecule has 0 saturated carbocycles. The quantitative estimate of drug-likeness (QED) is 0.797. The summed E-state index contributed by atoms with van der Waals surface area (Å²) in [6, 6.07) is 2.40. The number of nitrogens with one attached hydrogen (secondary N) is 1. The van der Waals surface area contributed by atoms with Crippen LogP contribution < -0.4 is 5.32 Å². The summed E-state index contributed by atoms with van der Waals surface area (Å²) in [6.45, 7) is 7.65. The zero-order chi connectivity index (χ0) is 15.2. The first kappa shape index (κ1) is 17.4. The van der Waals surface area contributed by atoms with Gasteiger partial charge in [0.25, 0.3) is 0 Å². The van der Waals surface area contributed by atoms with Gasteiger partial charge in [-0.05, 0) is 51.5 Å². The van der Waals surface area contributed by atoms with Gasteiger partial charge in [0.05, 0.1) is 5.02 Å². The first-order valence-corrected chi connectivity index (χ1v) is 7.88. The van der Waals surface area contributed by atoms with Gasteiger partial charge in [-0.25, -0.2) is 0 Å². The summed E-state index contributed by atoms with van der Waals surface area (Å²) < 4.78 is 0. The van der Waals surface area contributed by atoms with Gasteiger partial charge >= 0.3 is 0 Å². The Balaban J connectivity index is 3.06. The molecule has 0 saturated heterocycles. The van der Waals surface area contributed by atoms with Crippen molar-refractivity contribution in [2.45, 2.75) is 51.6 Å². The Labute approximate surface area is 128 Å². The third-order valence-electron chi connectivity index (χ3n) is 4.49. The maximum Gasteiger partial charge on any atom is 0.0621 e. The molecule has 1 rings (SSSR count). The number of hydrogen-bond acceptors (Lipinski definition) is 3. The molecular formula is C16H28ClN3. The van der Waals surface area contributed by atoms with Crippen LogP contribution in [0.15, 0.2) is 18.5 Å². The molecule has 0 spiro atoms. The second kappa shape index (κ2) is 7.96. The van der Waals surface area contributed by atoms with Crippen LogP contribution in [0.4, 0.5) is 0 Å². The third kappa shape index (κ3) is 3.72. The van der Waals surface area contributed by atoms with E-state index in [1.807, 2.05) is 12.3 Å². The second-order valence-corrected chi connectivity index (χ2v) is 5.89. The maximum atomic E-state index is 6.28. The summed E-state index contributed by atoms with van der Waals surface area (Å²) in [7, 11) is 4.34. The van der Waals surface area contributed by atoms with Crippen molar-refractivity contribution in [3.05, 3.63) is 29.0 Å². The molecule has 0 radical (unpaired) electrons. The Morgan fingerprint density at radius 1 is 1.30 bits per heavy atom. The number of halogens is 1. The van der Waals surface area contributed by atoms with Crippen LogP contribution in [-0.4, -0.2) is 42.1 Å². The molecule has 20 heavy (non-hydrogen) atoms. The highest BCUT2D eigenvalue weighted by Gasteiger charge is 2.37. The molecule has 4 heteroatoms. The van der Waals surface area contributed by atoms with E-state index in [1.54, 1.807) is 6.20 Å². The lowest BCUT2D eigenvalue weighted by Crippen LogP contribution is -2.59. The van der Waals surface area contributed by atoms with Crippen molar-refractivity contribution < 1.29 is 0 Å². The molecular weight excluding hydrogens is 270 g/mol. The maximum absolute atomic E-state index is 6.28. The lowest BCUT2D eigenvalue weighted by molar-refractivity contribution is 0.0889. The summed E-state index contributed by atoms with van der Waals surface area (Å²) in [5, 5.41) is 4.42. The summed E-state index contributed by atoms with van der Waals surface area (Å²) in [5.41, 5.74) is 1.31. The van der Waals surface area contributed by atoms with Crippen LogP contribution in [0, 0.1) is 0 Å². The average Bonchev–Trinajstić information content (AvgIpc) is 2.43. The molecule has 0 bridgehead atoms. The molecule has 3 nitrogen and oxygen atoms in total. The Kier molecular flexibility index (Phi) is 6.93. The summed E-state index contributed by atoms with van der Waals surface area (Å²) in [6.07, 6.45) is 6.69. The van der Waals surface area contributed by atoms with E-state index in [4.69, 9.17) is 11.6 Å². The Morgan fingerprint density at radius 3 is 2.40 bits per heavy atom. The van der Waals surface area contributed by atoms with Crippen molar-refractivity contribution in [2.24, 2.45) is 0 Å². The first-order chi connectivity index (χ1) is 9.51. The largest absolute Gasteiger partial charge is 0.312 e. The van der Waals surface area contributed by atoms with Crippen LogP contribution in [-0.2, 0) is 6.42 Å². The molecule has 0 amide bonds. The van der Waals surface area contributed by atoms with Crippen molar-refractivity contribution >= 4 is 11.6 Å². The third-order valence-corrected chi connectivity index (χ3v) is 4.84. The molecule has 0 aliphatic carbocycles. The van der Waals surface area contributed by atoms with E-state index in [0.29, 0.717) is 6.04 Å². The van der Waals surface area contributed by atoms with Crippen LogP contribution in [0.25, 0.3) is 0 Å². The van der Waals surface area contributed by atoms with Gasteiger partial charge in [-0.1, -0.05) is 32.4 Å². The standard InChI is InChI=1S/C16H28ClN3/c1-6-16(7-2,20(4)5)15(19-8-3)11-13-9-10-18-12-14(13)17/h9-10,12,15,19H,6-8,11H2,1-5H3. The predicted octanol–water partition coefficient (Wildman–Crippen LogP) is 3.38. The van der Waals surface area contributed by atoms with E-state index < -0.39 is 0 Å². The van der Waals surface area contributed by atoms with Crippen molar-refractivity contribution in [1.29, 1.82) is 0 Å². The van der Waals surface area contributed by atoms with Crippen molar-refractivity contribution in [3.8, 4) is 0 Å². The van der Waals surface area contributed by atoms with Crippen LogP contribution in [0.5, 0.6) is 0 Å². The highest BCUT2D eigenvalue weighted by molar-refractivity contribution is 6.31. The van der Waals surface area contributed by atoms with Crippen molar-refractivity contribution in [1.82, 2.24) is 15.2 Å². The van der Waals surface area contributed by atoms with Gasteiger partial charge in [0.1, 0.15) is 0 Å². The van der Waals surface area contributed by atoms with Gasteiger partial charge in [-0.2, -0.15) is 0 Å². The van der Waals surface area contributed by atoms with Gasteiger partial charge in [0.2, 0.25) is 0 Å². The second-order valence-electron chi connectivity index (χ2n) is 5.49. The number of likely N-dealkylation sites (N-methyl/N-ethyl adjacent to an activating group) is 2. The molecule has 1 unspecified atom stereocenters. The van der Waals surface area contributed by atoms with E-state index in [0.717, 1.165) is 30.8 Å². The number of aromatic nitrogens is 1. The van der Waals surface area contributed by atoms with Crippen molar-refractivity contribution in [2.75, 3.05) is 20.6 Å². The van der Waals surface area contributed by atoms with Crippen LogP contribution in [0.2, 0.25) is 5.02 Å². The molecule has 1 heterocycles. The van der Waals surface area contributed by atoms with E-state index >= 15 is 0 Å². The number of hydrogen-bond donors (Lipinski definition) is 1. The highest BCUT2D eigenvalue weighted by Crippen LogP contribution is 2.29. The van der Waals surface area contributed by atoms with Gasteiger partial charge in [-0.3, -0.25) is 4.98 Å². The summed E-state index contributed by atoms with van der Waals surface area (Å²) >= 11 is 6.28. The fourth-order valence-corrected chi connectivity index (χ4v) is 3.37. The van der Waals surface area contributed by atoms with Gasteiger partial charge in [-0.15, -0.1) is 0 Å². The summed E-state index contributed by atoms with van der Waals surface area (Å²) in [5.74, 6) is 0. The van der Waals surface area contributed by atoms with Crippen LogP contribution >= 0.6 is 11.6 Å². The minimum atomic E-state index is 0.141. The van der Waals surface area contributed by atoms with E-state index in [-0.39, 0.29) is 5.54 Å². The average molecular weight is 298 g/mol. The lowest BCUT2D eigenvalue weighted by Gasteiger charge is -2.45. The normalized spacial score (nSPS) is 13.8. The lowest BCUT2D eigenvalue weighted by atomic mass is 9.80. The molecule has 114 valence electrons. The SMILES string of the molecule is CCNC(Cc1ccncc1Cl)C(CC)(CC)N(C)C. The number of nitrogens with zero attached hydrogens (tertiary/aromatic N) is 2. The van der Waals surface area contributed by atoms with Crippen LogP contribution in [0.3, 0.4) is 0 Å². The Hall–Kier alpha value is -0.640. The van der Waals surface area contributed by atoms with Gasteiger partial charge in [0.15, 0.2) is 0 Å². The minimum Gasteiger partial charge on any atom is -0.312 e. The molecule has 0 fully saturated rings. The first-order valence-electron chi connectivity index (χ1n) is 7.51. The molecule has 1 atom stereocenters. The zero-order valence-corrected chi connectivity index (χ0v) is 14.2. The summed E-state index contributed by atoms with van der Waals surface area (Å²) in [4.78, 5) is 6.43. The minimum absolute atomic E-state index is 0.141. The van der Waals surface area contributed by atoms with Crippen molar-refractivity contribution in [3.63, 3.8) is 0 Å². The molecule has 0 aliphatic rings. The molecule has 1 N–H and O–H groups in total. The fraction of sp³-hybridized carbons (Fsp3) is 0.688. The Bertz CT molecular complexity index is 402. The van der Waals surface area contributed by atoms with E-state index in [2.05, 4.69) is 50.1 Å². The number of pyridine rings is 1. The molecule has 1 aromatic heterocycles. The Morgan fingerprint density at radius 2 is 1.95 bits per heavy atom. The highest BCUT2D eigenvalue weighted by atomic mass is 35.5. The van der Waals surface area contributed by atoms with E-state index in [9.17, 15) is 0 Å². The monoisotopic (exact) mass is 297 g/mol.